The normalized spacial score (nSPS) is 11.6. The number of hydrogen-bond acceptors (Lipinski definition) is 4. The van der Waals surface area contributed by atoms with Gasteiger partial charge in [0.15, 0.2) is 0 Å². The van der Waals surface area contributed by atoms with E-state index in [0.717, 1.165) is 4.90 Å². The molecule has 1 unspecified atom stereocenters. The molecule has 80 valence electrons. The maximum Gasteiger partial charge on any atom is 0.325 e. The van der Waals surface area contributed by atoms with Crippen LogP contribution >= 0.6 is 0 Å². The lowest BCUT2D eigenvalue weighted by molar-refractivity contribution is -0.153. The van der Waals surface area contributed by atoms with Gasteiger partial charge in [0.05, 0.1) is 7.11 Å². The Bertz CT molecular complexity index is 250. The van der Waals surface area contributed by atoms with Gasteiger partial charge in [-0.2, -0.15) is 0 Å². The number of carbonyl (C=O) groups is 3. The van der Waals surface area contributed by atoms with Gasteiger partial charge in [-0.3, -0.25) is 14.4 Å². The Morgan fingerprint density at radius 2 is 1.93 bits per heavy atom. The number of carboxylic acid groups (broad SMARTS) is 1. The molecule has 0 aromatic carbocycles. The van der Waals surface area contributed by atoms with Crippen molar-refractivity contribution in [3.63, 3.8) is 0 Å². The van der Waals surface area contributed by atoms with E-state index in [2.05, 4.69) is 4.74 Å². The molecule has 0 spiro atoms. The van der Waals surface area contributed by atoms with Crippen LogP contribution in [0.3, 0.4) is 0 Å². The number of esters is 1. The molecule has 0 fully saturated rings. The zero-order valence-electron chi connectivity index (χ0n) is 8.31. The summed E-state index contributed by atoms with van der Waals surface area (Å²) in [6, 6.07) is 0. The number of amides is 1. The van der Waals surface area contributed by atoms with Crippen LogP contribution in [0.15, 0.2) is 0 Å². The molecule has 0 rings (SSSR count). The highest BCUT2D eigenvalue weighted by Crippen LogP contribution is 2.00. The van der Waals surface area contributed by atoms with Crippen LogP contribution in [-0.2, 0) is 19.1 Å². The van der Waals surface area contributed by atoms with Gasteiger partial charge in [-0.05, 0) is 6.92 Å². The third-order valence-corrected chi connectivity index (χ3v) is 1.71. The highest BCUT2D eigenvalue weighted by molar-refractivity contribution is 5.97. The van der Waals surface area contributed by atoms with Crippen molar-refractivity contribution in [2.45, 2.75) is 6.92 Å². The average Bonchev–Trinajstić information content (AvgIpc) is 2.14. The van der Waals surface area contributed by atoms with E-state index in [-0.39, 0.29) is 6.54 Å². The zero-order chi connectivity index (χ0) is 11.3. The van der Waals surface area contributed by atoms with Crippen LogP contribution in [0, 0.1) is 5.92 Å². The van der Waals surface area contributed by atoms with E-state index in [1.165, 1.54) is 21.1 Å². The van der Waals surface area contributed by atoms with Crippen molar-refractivity contribution in [1.29, 1.82) is 0 Å². The standard InChI is InChI=1S/C8H13NO5/c1-5(8(12)13)7(11)9(2)4-6(10)14-3/h5H,4H2,1-3H3,(H,12,13). The zero-order valence-corrected chi connectivity index (χ0v) is 8.31. The van der Waals surface area contributed by atoms with Gasteiger partial charge in [0.2, 0.25) is 5.91 Å². The molecule has 0 aromatic heterocycles. The predicted octanol–water partition coefficient (Wildman–Crippen LogP) is -0.661. The monoisotopic (exact) mass is 203 g/mol. The van der Waals surface area contributed by atoms with Crippen LogP contribution in [0.5, 0.6) is 0 Å². The van der Waals surface area contributed by atoms with Gasteiger partial charge in [0.1, 0.15) is 12.5 Å². The molecule has 1 N–H and O–H groups in total. The Labute approximate surface area is 81.4 Å². The number of aliphatic carboxylic acids is 1. The molecule has 0 bridgehead atoms. The van der Waals surface area contributed by atoms with Crippen LogP contribution in [0.25, 0.3) is 0 Å². The Morgan fingerprint density at radius 3 is 2.29 bits per heavy atom. The second-order valence-electron chi connectivity index (χ2n) is 2.83. The number of nitrogens with zero attached hydrogens (tertiary/aromatic N) is 1. The second kappa shape index (κ2) is 5.21. The minimum Gasteiger partial charge on any atom is -0.481 e. The second-order valence-corrected chi connectivity index (χ2v) is 2.83. The summed E-state index contributed by atoms with van der Waals surface area (Å²) in [7, 11) is 2.54. The van der Waals surface area contributed by atoms with Crippen molar-refractivity contribution in [2.75, 3.05) is 20.7 Å². The molecular weight excluding hydrogens is 190 g/mol. The molecule has 0 saturated heterocycles. The number of hydrogen-bond donors (Lipinski definition) is 1. The van der Waals surface area contributed by atoms with Crippen LogP contribution in [-0.4, -0.2) is 48.6 Å². The van der Waals surface area contributed by atoms with Gasteiger partial charge >= 0.3 is 11.9 Å². The fraction of sp³-hybridized carbons (Fsp3) is 0.625. The first kappa shape index (κ1) is 12.4. The molecule has 0 aliphatic heterocycles. The summed E-state index contributed by atoms with van der Waals surface area (Å²) in [6.07, 6.45) is 0. The van der Waals surface area contributed by atoms with Crippen LogP contribution in [0.4, 0.5) is 0 Å². The smallest absolute Gasteiger partial charge is 0.325 e. The quantitative estimate of drug-likeness (QED) is 0.484. The lowest BCUT2D eigenvalue weighted by atomic mass is 10.1. The van der Waals surface area contributed by atoms with E-state index >= 15 is 0 Å². The lowest BCUT2D eigenvalue weighted by Crippen LogP contribution is -2.38. The molecule has 0 aliphatic rings. The van der Waals surface area contributed by atoms with Crippen molar-refractivity contribution in [1.82, 2.24) is 4.90 Å². The van der Waals surface area contributed by atoms with Gasteiger partial charge < -0.3 is 14.7 Å². The number of likely N-dealkylation sites (N-methyl/N-ethyl adjacent to an activating group) is 1. The van der Waals surface area contributed by atoms with Crippen molar-refractivity contribution >= 4 is 17.8 Å². The minimum absolute atomic E-state index is 0.243. The Morgan fingerprint density at radius 1 is 1.43 bits per heavy atom. The van der Waals surface area contributed by atoms with E-state index in [1.54, 1.807) is 0 Å². The minimum atomic E-state index is -1.22. The highest BCUT2D eigenvalue weighted by Gasteiger charge is 2.25. The number of carboxylic acids is 1. The van der Waals surface area contributed by atoms with Crippen LogP contribution in [0.1, 0.15) is 6.92 Å². The van der Waals surface area contributed by atoms with E-state index in [1.807, 2.05) is 0 Å². The lowest BCUT2D eigenvalue weighted by Gasteiger charge is -2.17. The average molecular weight is 203 g/mol. The summed E-state index contributed by atoms with van der Waals surface area (Å²) in [4.78, 5) is 33.5. The number of rotatable bonds is 4. The van der Waals surface area contributed by atoms with Gasteiger partial charge in [0.25, 0.3) is 0 Å². The molecule has 6 nitrogen and oxygen atoms in total. The fourth-order valence-electron chi connectivity index (χ4n) is 0.772. The Balaban J connectivity index is 4.25. The maximum atomic E-state index is 11.3. The molecule has 0 radical (unpaired) electrons. The fourth-order valence-corrected chi connectivity index (χ4v) is 0.772. The first-order chi connectivity index (χ1) is 6.40. The summed E-state index contributed by atoms with van der Waals surface area (Å²) < 4.78 is 4.33. The predicted molar refractivity (Wildman–Crippen MR) is 46.5 cm³/mol. The topological polar surface area (TPSA) is 83.9 Å². The van der Waals surface area contributed by atoms with Gasteiger partial charge in [0, 0.05) is 7.05 Å². The molecule has 1 atom stereocenters. The van der Waals surface area contributed by atoms with E-state index in [4.69, 9.17) is 5.11 Å². The Hall–Kier alpha value is -1.59. The van der Waals surface area contributed by atoms with Gasteiger partial charge in [-0.15, -0.1) is 0 Å². The molecule has 14 heavy (non-hydrogen) atoms. The molecule has 0 heterocycles. The number of ether oxygens (including phenoxy) is 1. The SMILES string of the molecule is COC(=O)CN(C)C(=O)C(C)C(=O)O. The van der Waals surface area contributed by atoms with Gasteiger partial charge in [-0.25, -0.2) is 0 Å². The largest absolute Gasteiger partial charge is 0.481 e. The molecule has 0 aliphatic carbocycles. The van der Waals surface area contributed by atoms with Crippen LogP contribution in [0.2, 0.25) is 0 Å². The summed E-state index contributed by atoms with van der Waals surface area (Å²) >= 11 is 0. The van der Waals surface area contributed by atoms with Crippen molar-refractivity contribution < 1.29 is 24.2 Å². The van der Waals surface area contributed by atoms with E-state index < -0.39 is 23.8 Å². The first-order valence-corrected chi connectivity index (χ1v) is 3.94. The molecular formula is C8H13NO5. The summed E-state index contributed by atoms with van der Waals surface area (Å²) in [5.74, 6) is -3.57. The Kier molecular flexibility index (Phi) is 4.62. The molecule has 0 aromatic rings. The third kappa shape index (κ3) is 3.42. The van der Waals surface area contributed by atoms with E-state index in [0.29, 0.717) is 0 Å². The molecule has 1 amide bonds. The van der Waals surface area contributed by atoms with Crippen molar-refractivity contribution in [3.8, 4) is 0 Å². The summed E-state index contributed by atoms with van der Waals surface area (Å²) in [5, 5.41) is 8.53. The van der Waals surface area contributed by atoms with Crippen LogP contribution < -0.4 is 0 Å². The number of methoxy groups -OCH3 is 1. The summed E-state index contributed by atoms with van der Waals surface area (Å²) in [5.41, 5.74) is 0. The summed E-state index contributed by atoms with van der Waals surface area (Å²) in [6.45, 7) is 1.02. The highest BCUT2D eigenvalue weighted by atomic mass is 16.5. The first-order valence-electron chi connectivity index (χ1n) is 3.94. The van der Waals surface area contributed by atoms with Gasteiger partial charge in [-0.1, -0.05) is 0 Å². The molecule has 0 saturated carbocycles. The van der Waals surface area contributed by atoms with E-state index in [9.17, 15) is 14.4 Å². The van der Waals surface area contributed by atoms with Crippen molar-refractivity contribution in [3.05, 3.63) is 0 Å². The third-order valence-electron chi connectivity index (χ3n) is 1.71. The number of carbonyl (C=O) groups excluding carboxylic acids is 2. The van der Waals surface area contributed by atoms with Crippen molar-refractivity contribution in [2.24, 2.45) is 5.92 Å². The maximum absolute atomic E-state index is 11.3. The molecule has 6 heteroatoms.